The Labute approximate surface area is 148 Å². The van der Waals surface area contributed by atoms with Gasteiger partial charge in [0.2, 0.25) is 10.0 Å². The highest BCUT2D eigenvalue weighted by Gasteiger charge is 2.30. The van der Waals surface area contributed by atoms with E-state index in [-0.39, 0.29) is 24.5 Å². The zero-order valence-electron chi connectivity index (χ0n) is 14.7. The number of carbonyl (C=O) groups is 1. The van der Waals surface area contributed by atoms with Gasteiger partial charge in [-0.3, -0.25) is 0 Å². The van der Waals surface area contributed by atoms with Gasteiger partial charge < -0.3 is 20.1 Å². The average Bonchev–Trinajstić information content (AvgIpc) is 2.54. The molecule has 8 nitrogen and oxygen atoms in total. The van der Waals surface area contributed by atoms with Crippen molar-refractivity contribution in [3.8, 4) is 5.75 Å². The number of nitrogens with zero attached hydrogens (tertiary/aromatic N) is 1. The lowest BCUT2D eigenvalue weighted by atomic mass is 10.3. The van der Waals surface area contributed by atoms with E-state index in [4.69, 9.17) is 9.47 Å². The van der Waals surface area contributed by atoms with Crippen LogP contribution in [-0.4, -0.2) is 63.5 Å². The smallest absolute Gasteiger partial charge is 0.319 e. The molecule has 0 aliphatic carbocycles. The fourth-order valence-corrected chi connectivity index (χ4v) is 4.12. The zero-order chi connectivity index (χ0) is 18.4. The summed E-state index contributed by atoms with van der Waals surface area (Å²) in [6.45, 7) is 4.40. The molecule has 1 aliphatic rings. The van der Waals surface area contributed by atoms with Crippen LogP contribution in [0.1, 0.15) is 13.8 Å². The van der Waals surface area contributed by atoms with E-state index in [0.717, 1.165) is 0 Å². The van der Waals surface area contributed by atoms with Crippen molar-refractivity contribution in [2.75, 3.05) is 37.8 Å². The summed E-state index contributed by atoms with van der Waals surface area (Å²) in [7, 11) is -1.87. The van der Waals surface area contributed by atoms with Crippen molar-refractivity contribution in [2.45, 2.75) is 26.1 Å². The summed E-state index contributed by atoms with van der Waals surface area (Å²) in [4.78, 5) is 11.9. The third kappa shape index (κ3) is 5.87. The molecule has 140 valence electrons. The summed E-state index contributed by atoms with van der Waals surface area (Å²) >= 11 is 0. The topological polar surface area (TPSA) is 97.0 Å². The third-order valence-corrected chi connectivity index (χ3v) is 5.58. The van der Waals surface area contributed by atoms with Gasteiger partial charge in [-0.15, -0.1) is 0 Å². The molecular weight excluding hydrogens is 346 g/mol. The average molecular weight is 371 g/mol. The van der Waals surface area contributed by atoms with Crippen LogP contribution in [0.5, 0.6) is 5.75 Å². The molecule has 2 atom stereocenters. The number of methoxy groups -OCH3 is 1. The Balaban J connectivity index is 1.79. The van der Waals surface area contributed by atoms with Crippen LogP contribution in [0.3, 0.4) is 0 Å². The minimum absolute atomic E-state index is 0.0322. The Bertz CT molecular complexity index is 668. The lowest BCUT2D eigenvalue weighted by molar-refractivity contribution is -0.0440. The third-order valence-electron chi connectivity index (χ3n) is 3.77. The van der Waals surface area contributed by atoms with Gasteiger partial charge in [-0.2, -0.15) is 4.31 Å². The number of sulfonamides is 1. The van der Waals surface area contributed by atoms with Crippen molar-refractivity contribution >= 4 is 21.7 Å². The Morgan fingerprint density at radius 2 is 1.84 bits per heavy atom. The van der Waals surface area contributed by atoms with Crippen molar-refractivity contribution in [1.82, 2.24) is 9.62 Å². The standard InChI is InChI=1S/C16H25N3O5S/c1-12-10-19(11-13(2)24-12)25(21,22)9-8-17-16(20)18-14-4-6-15(23-3)7-5-14/h4-7,12-13H,8-11H2,1-3H3,(H2,17,18,20). The first kappa shape index (κ1) is 19.5. The first-order valence-corrected chi connectivity index (χ1v) is 9.73. The number of amides is 2. The molecular formula is C16H25N3O5S. The van der Waals surface area contributed by atoms with Crippen LogP contribution in [0.2, 0.25) is 0 Å². The Kier molecular flexibility index (Phi) is 6.63. The monoisotopic (exact) mass is 371 g/mol. The van der Waals surface area contributed by atoms with E-state index in [2.05, 4.69) is 10.6 Å². The SMILES string of the molecule is COc1ccc(NC(=O)NCCS(=O)(=O)N2CC(C)OC(C)C2)cc1. The highest BCUT2D eigenvalue weighted by atomic mass is 32.2. The van der Waals surface area contributed by atoms with Crippen molar-refractivity contribution in [3.05, 3.63) is 24.3 Å². The molecule has 0 saturated carbocycles. The van der Waals surface area contributed by atoms with Gasteiger partial charge >= 0.3 is 6.03 Å². The molecule has 1 aliphatic heterocycles. The maximum absolute atomic E-state index is 12.4. The molecule has 1 fully saturated rings. The number of anilines is 1. The first-order chi connectivity index (χ1) is 11.8. The number of nitrogens with one attached hydrogen (secondary N) is 2. The highest BCUT2D eigenvalue weighted by Crippen LogP contribution is 2.15. The lowest BCUT2D eigenvalue weighted by Gasteiger charge is -2.34. The van der Waals surface area contributed by atoms with E-state index in [0.29, 0.717) is 24.5 Å². The minimum Gasteiger partial charge on any atom is -0.497 e. The van der Waals surface area contributed by atoms with E-state index in [1.807, 2.05) is 13.8 Å². The number of benzene rings is 1. The van der Waals surface area contributed by atoms with Crippen LogP contribution in [-0.2, 0) is 14.8 Å². The molecule has 1 aromatic carbocycles. The first-order valence-electron chi connectivity index (χ1n) is 8.12. The molecule has 0 radical (unpaired) electrons. The Morgan fingerprint density at radius 3 is 2.40 bits per heavy atom. The second-order valence-corrected chi connectivity index (χ2v) is 8.09. The molecule has 2 rings (SSSR count). The van der Waals surface area contributed by atoms with Gasteiger partial charge in [0.05, 0.1) is 25.1 Å². The number of urea groups is 1. The molecule has 2 amide bonds. The largest absolute Gasteiger partial charge is 0.497 e. The maximum atomic E-state index is 12.4. The summed E-state index contributed by atoms with van der Waals surface area (Å²) in [6, 6.07) is 6.39. The normalized spacial score (nSPS) is 21.6. The van der Waals surface area contributed by atoms with Gasteiger partial charge in [0.15, 0.2) is 0 Å². The minimum atomic E-state index is -3.43. The summed E-state index contributed by atoms with van der Waals surface area (Å²) in [5.41, 5.74) is 0.594. The van der Waals surface area contributed by atoms with Gasteiger partial charge in [-0.1, -0.05) is 0 Å². The van der Waals surface area contributed by atoms with Crippen molar-refractivity contribution < 1.29 is 22.7 Å². The molecule has 9 heteroatoms. The Morgan fingerprint density at radius 1 is 1.24 bits per heavy atom. The second kappa shape index (κ2) is 8.50. The van der Waals surface area contributed by atoms with E-state index >= 15 is 0 Å². The number of ether oxygens (including phenoxy) is 2. The molecule has 0 bridgehead atoms. The van der Waals surface area contributed by atoms with E-state index in [1.165, 1.54) is 4.31 Å². The fraction of sp³-hybridized carbons (Fsp3) is 0.562. The Hall–Kier alpha value is -1.84. The zero-order valence-corrected chi connectivity index (χ0v) is 15.5. The number of carbonyl (C=O) groups excluding carboxylic acids is 1. The molecule has 0 aromatic heterocycles. The summed E-state index contributed by atoms with van der Waals surface area (Å²) in [5, 5.41) is 5.20. The van der Waals surface area contributed by atoms with Crippen LogP contribution in [0.4, 0.5) is 10.5 Å². The number of hydrogen-bond donors (Lipinski definition) is 2. The fourth-order valence-electron chi connectivity index (χ4n) is 2.63. The second-order valence-electron chi connectivity index (χ2n) is 6.00. The van der Waals surface area contributed by atoms with Gasteiger partial charge in [-0.05, 0) is 38.1 Å². The predicted molar refractivity (Wildman–Crippen MR) is 95.4 cm³/mol. The van der Waals surface area contributed by atoms with Crippen molar-refractivity contribution in [1.29, 1.82) is 0 Å². The molecule has 2 N–H and O–H groups in total. The van der Waals surface area contributed by atoms with Crippen LogP contribution in [0, 0.1) is 0 Å². The van der Waals surface area contributed by atoms with Crippen molar-refractivity contribution in [2.24, 2.45) is 0 Å². The molecule has 1 saturated heterocycles. The number of morpholine rings is 1. The van der Waals surface area contributed by atoms with Gasteiger partial charge in [0.1, 0.15) is 5.75 Å². The number of hydrogen-bond acceptors (Lipinski definition) is 5. The van der Waals surface area contributed by atoms with E-state index in [9.17, 15) is 13.2 Å². The molecule has 1 aromatic rings. The molecule has 0 spiro atoms. The molecule has 25 heavy (non-hydrogen) atoms. The number of rotatable bonds is 6. The van der Waals surface area contributed by atoms with Crippen LogP contribution < -0.4 is 15.4 Å². The molecule has 2 unspecified atom stereocenters. The maximum Gasteiger partial charge on any atom is 0.319 e. The van der Waals surface area contributed by atoms with Gasteiger partial charge in [-0.25, -0.2) is 13.2 Å². The van der Waals surface area contributed by atoms with Crippen LogP contribution in [0.15, 0.2) is 24.3 Å². The van der Waals surface area contributed by atoms with Crippen molar-refractivity contribution in [3.63, 3.8) is 0 Å². The summed E-state index contributed by atoms with van der Waals surface area (Å²) in [6.07, 6.45) is -0.269. The quantitative estimate of drug-likeness (QED) is 0.785. The van der Waals surface area contributed by atoms with Gasteiger partial charge in [0, 0.05) is 25.3 Å². The van der Waals surface area contributed by atoms with Crippen LogP contribution in [0.25, 0.3) is 0 Å². The molecule has 1 heterocycles. The summed E-state index contributed by atoms with van der Waals surface area (Å²) in [5.74, 6) is 0.536. The van der Waals surface area contributed by atoms with Crippen LogP contribution >= 0.6 is 0 Å². The predicted octanol–water partition coefficient (Wildman–Crippen LogP) is 1.26. The van der Waals surface area contributed by atoms with E-state index in [1.54, 1.807) is 31.4 Å². The summed E-state index contributed by atoms with van der Waals surface area (Å²) < 4.78 is 36.8. The highest BCUT2D eigenvalue weighted by molar-refractivity contribution is 7.89. The lowest BCUT2D eigenvalue weighted by Crippen LogP contribution is -2.49. The van der Waals surface area contributed by atoms with E-state index < -0.39 is 16.1 Å². The van der Waals surface area contributed by atoms with Gasteiger partial charge in [0.25, 0.3) is 0 Å².